The molecule has 0 atom stereocenters. The maximum absolute atomic E-state index is 6.19. The highest BCUT2D eigenvalue weighted by atomic mass is 79.9. The van der Waals surface area contributed by atoms with Gasteiger partial charge in [0.05, 0.1) is 15.4 Å². The van der Waals surface area contributed by atoms with Crippen LogP contribution in [0.5, 0.6) is 5.75 Å². The second-order valence-corrected chi connectivity index (χ2v) is 5.61. The fourth-order valence-electron chi connectivity index (χ4n) is 1.29. The molecule has 0 aliphatic heterocycles. The average molecular weight is 292 g/mol. The summed E-state index contributed by atoms with van der Waals surface area (Å²) in [7, 11) is 0. The van der Waals surface area contributed by atoms with Crippen LogP contribution >= 0.6 is 38.9 Å². The molecule has 0 aliphatic rings. The predicted octanol–water partition coefficient (Wildman–Crippen LogP) is 4.72. The van der Waals surface area contributed by atoms with Crippen molar-refractivity contribution >= 4 is 49.0 Å². The van der Waals surface area contributed by atoms with Gasteiger partial charge in [0, 0.05) is 10.1 Å². The van der Waals surface area contributed by atoms with Crippen molar-refractivity contribution in [1.29, 1.82) is 0 Å². The van der Waals surface area contributed by atoms with Crippen molar-refractivity contribution in [2.75, 3.05) is 6.61 Å². The van der Waals surface area contributed by atoms with Crippen LogP contribution in [0.2, 0.25) is 5.02 Å². The lowest BCUT2D eigenvalue weighted by molar-refractivity contribution is 0.341. The monoisotopic (exact) mass is 290 g/mol. The van der Waals surface area contributed by atoms with Crippen LogP contribution in [0.15, 0.2) is 22.0 Å². The molecule has 0 saturated carbocycles. The number of fused-ring (bicyclic) bond motifs is 1. The Morgan fingerprint density at radius 3 is 3.00 bits per heavy atom. The van der Waals surface area contributed by atoms with Crippen molar-refractivity contribution in [1.82, 2.24) is 0 Å². The quantitative estimate of drug-likeness (QED) is 0.778. The number of hydrogen-bond donors (Lipinski definition) is 0. The molecule has 0 saturated heterocycles. The van der Waals surface area contributed by atoms with Crippen LogP contribution in [-0.4, -0.2) is 6.61 Å². The maximum atomic E-state index is 6.19. The molecule has 1 heterocycles. The van der Waals surface area contributed by atoms with Gasteiger partial charge in [0.25, 0.3) is 0 Å². The molecule has 0 bridgehead atoms. The predicted molar refractivity (Wildman–Crippen MR) is 65.7 cm³/mol. The molecule has 0 N–H and O–H groups in total. The molecule has 0 fully saturated rings. The largest absolute Gasteiger partial charge is 0.492 e. The summed E-state index contributed by atoms with van der Waals surface area (Å²) in [6, 6.07) is 5.96. The van der Waals surface area contributed by atoms with Gasteiger partial charge in [0.1, 0.15) is 5.75 Å². The number of halogens is 2. The fraction of sp³-hybridized carbons (Fsp3) is 0.200. The molecule has 1 aromatic carbocycles. The first kappa shape index (κ1) is 10.3. The molecule has 0 amide bonds. The summed E-state index contributed by atoms with van der Waals surface area (Å²) >= 11 is 11.3. The van der Waals surface area contributed by atoms with E-state index in [0.717, 1.165) is 14.9 Å². The van der Waals surface area contributed by atoms with E-state index in [9.17, 15) is 0 Å². The van der Waals surface area contributed by atoms with Gasteiger partial charge in [-0.2, -0.15) is 0 Å². The lowest BCUT2D eigenvalue weighted by atomic mass is 10.2. The molecule has 14 heavy (non-hydrogen) atoms. The van der Waals surface area contributed by atoms with Gasteiger partial charge < -0.3 is 4.74 Å². The van der Waals surface area contributed by atoms with Gasteiger partial charge in [0.2, 0.25) is 0 Å². The number of hydrogen-bond acceptors (Lipinski definition) is 2. The Labute approximate surface area is 99.8 Å². The second kappa shape index (κ2) is 4.09. The minimum Gasteiger partial charge on any atom is -0.492 e. The number of rotatable bonds is 2. The normalized spacial score (nSPS) is 10.8. The Hall–Kier alpha value is -0.250. The second-order valence-electron chi connectivity index (χ2n) is 2.77. The van der Waals surface area contributed by atoms with Gasteiger partial charge in [-0.05, 0) is 41.1 Å². The molecule has 0 radical (unpaired) electrons. The topological polar surface area (TPSA) is 9.23 Å². The van der Waals surface area contributed by atoms with E-state index in [2.05, 4.69) is 15.9 Å². The van der Waals surface area contributed by atoms with E-state index in [-0.39, 0.29) is 0 Å². The van der Waals surface area contributed by atoms with Crippen LogP contribution in [-0.2, 0) is 0 Å². The lowest BCUT2D eigenvalue weighted by Gasteiger charge is -2.05. The summed E-state index contributed by atoms with van der Waals surface area (Å²) in [5, 5.41) is 1.75. The zero-order valence-electron chi connectivity index (χ0n) is 7.51. The van der Waals surface area contributed by atoms with Gasteiger partial charge in [-0.25, -0.2) is 0 Å². The third kappa shape index (κ3) is 1.76. The lowest BCUT2D eigenvalue weighted by Crippen LogP contribution is -1.91. The van der Waals surface area contributed by atoms with E-state index in [1.165, 1.54) is 4.70 Å². The van der Waals surface area contributed by atoms with Crippen molar-refractivity contribution in [2.24, 2.45) is 0 Å². The zero-order chi connectivity index (χ0) is 10.1. The molecule has 1 nitrogen and oxygen atoms in total. The zero-order valence-corrected chi connectivity index (χ0v) is 10.7. The Balaban J connectivity index is 2.61. The van der Waals surface area contributed by atoms with Gasteiger partial charge >= 0.3 is 0 Å². The molecule has 4 heteroatoms. The smallest absolute Gasteiger partial charge is 0.138 e. The SMILES string of the molecule is CCOc1ccc2sc(Br)cc2c1Cl. The Bertz CT molecular complexity index is 466. The van der Waals surface area contributed by atoms with E-state index in [4.69, 9.17) is 16.3 Å². The number of thiophene rings is 1. The first-order chi connectivity index (χ1) is 6.72. The van der Waals surface area contributed by atoms with E-state index in [1.54, 1.807) is 11.3 Å². The molecule has 2 rings (SSSR count). The Morgan fingerprint density at radius 1 is 1.50 bits per heavy atom. The Morgan fingerprint density at radius 2 is 2.29 bits per heavy atom. The summed E-state index contributed by atoms with van der Waals surface area (Å²) in [6.45, 7) is 2.58. The van der Waals surface area contributed by atoms with E-state index >= 15 is 0 Å². The number of ether oxygens (including phenoxy) is 1. The molecule has 2 aromatic rings. The van der Waals surface area contributed by atoms with Crippen LogP contribution in [0.25, 0.3) is 10.1 Å². The molecule has 1 aromatic heterocycles. The number of benzene rings is 1. The average Bonchev–Trinajstić information content (AvgIpc) is 2.52. The van der Waals surface area contributed by atoms with Gasteiger partial charge in [0.15, 0.2) is 0 Å². The van der Waals surface area contributed by atoms with Crippen LogP contribution in [0.4, 0.5) is 0 Å². The van der Waals surface area contributed by atoms with Crippen molar-refractivity contribution in [3.05, 3.63) is 27.0 Å². The minimum atomic E-state index is 0.635. The third-order valence-corrected chi connectivity index (χ3v) is 3.86. The summed E-state index contributed by atoms with van der Waals surface area (Å²) in [5.41, 5.74) is 0. The first-order valence-electron chi connectivity index (χ1n) is 4.22. The fourth-order valence-corrected chi connectivity index (χ4v) is 3.17. The van der Waals surface area contributed by atoms with E-state index < -0.39 is 0 Å². The van der Waals surface area contributed by atoms with Crippen molar-refractivity contribution in [2.45, 2.75) is 6.92 Å². The van der Waals surface area contributed by atoms with Crippen molar-refractivity contribution in [3.8, 4) is 5.75 Å². The molecule has 74 valence electrons. The Kier molecular flexibility index (Phi) is 3.00. The highest BCUT2D eigenvalue weighted by Gasteiger charge is 2.08. The van der Waals surface area contributed by atoms with Crippen LogP contribution < -0.4 is 4.74 Å². The van der Waals surface area contributed by atoms with E-state index in [1.807, 2.05) is 25.1 Å². The standard InChI is InChI=1S/C10H8BrClOS/c1-2-13-7-3-4-8-6(10(7)12)5-9(11)14-8/h3-5H,2H2,1H3. The maximum Gasteiger partial charge on any atom is 0.138 e. The first-order valence-corrected chi connectivity index (χ1v) is 6.21. The van der Waals surface area contributed by atoms with Crippen molar-refractivity contribution < 1.29 is 4.74 Å². The molecular weight excluding hydrogens is 284 g/mol. The summed E-state index contributed by atoms with van der Waals surface area (Å²) in [6.07, 6.45) is 0. The third-order valence-electron chi connectivity index (χ3n) is 1.87. The summed E-state index contributed by atoms with van der Waals surface area (Å²) in [4.78, 5) is 0. The van der Waals surface area contributed by atoms with Crippen LogP contribution in [0, 0.1) is 0 Å². The molecule has 0 spiro atoms. The minimum absolute atomic E-state index is 0.635. The van der Waals surface area contributed by atoms with Crippen molar-refractivity contribution in [3.63, 3.8) is 0 Å². The summed E-state index contributed by atoms with van der Waals surface area (Å²) in [5.74, 6) is 0.756. The molecule has 0 unspecified atom stereocenters. The molecular formula is C10H8BrClOS. The highest BCUT2D eigenvalue weighted by molar-refractivity contribution is 9.11. The highest BCUT2D eigenvalue weighted by Crippen LogP contribution is 2.38. The van der Waals surface area contributed by atoms with E-state index in [0.29, 0.717) is 11.6 Å². The molecule has 0 aliphatic carbocycles. The van der Waals surface area contributed by atoms with Crippen LogP contribution in [0.1, 0.15) is 6.92 Å². The summed E-state index contributed by atoms with van der Waals surface area (Å²) < 4.78 is 7.67. The van der Waals surface area contributed by atoms with Gasteiger partial charge in [-0.1, -0.05) is 11.6 Å². The van der Waals surface area contributed by atoms with Crippen LogP contribution in [0.3, 0.4) is 0 Å². The van der Waals surface area contributed by atoms with Gasteiger partial charge in [-0.15, -0.1) is 11.3 Å². The van der Waals surface area contributed by atoms with Gasteiger partial charge in [-0.3, -0.25) is 0 Å².